The molecule has 2 unspecified atom stereocenters. The molecule has 0 amide bonds. The van der Waals surface area contributed by atoms with Gasteiger partial charge in [0.2, 0.25) is 9.05 Å². The Morgan fingerprint density at radius 3 is 2.46 bits per heavy atom. The van der Waals surface area contributed by atoms with Gasteiger partial charge in [-0.05, 0) is 26.2 Å². The lowest BCUT2D eigenvalue weighted by molar-refractivity contribution is -0.0123. The summed E-state index contributed by atoms with van der Waals surface area (Å²) in [6.45, 7) is 2.60. The lowest BCUT2D eigenvalue weighted by atomic mass is 9.90. The topological polar surface area (TPSA) is 43.4 Å². The van der Waals surface area contributed by atoms with Gasteiger partial charge in [0.15, 0.2) is 0 Å². The second-order valence-electron chi connectivity index (χ2n) is 4.60. The molecule has 0 radical (unpaired) electrons. The van der Waals surface area contributed by atoms with Gasteiger partial charge in [0.25, 0.3) is 0 Å². The highest BCUT2D eigenvalue weighted by atomic mass is 35.7. The molecule has 76 valence electrons. The van der Waals surface area contributed by atoms with Crippen molar-refractivity contribution >= 4 is 19.7 Å². The predicted molar refractivity (Wildman–Crippen MR) is 50.3 cm³/mol. The highest BCUT2D eigenvalue weighted by Crippen LogP contribution is 2.53. The number of hydrogen-bond acceptors (Lipinski definition) is 3. The lowest BCUT2D eigenvalue weighted by Gasteiger charge is -2.25. The summed E-state index contributed by atoms with van der Waals surface area (Å²) in [5, 5.41) is 0. The van der Waals surface area contributed by atoms with E-state index in [0.717, 1.165) is 19.3 Å². The van der Waals surface area contributed by atoms with E-state index in [1.807, 2.05) is 6.92 Å². The van der Waals surface area contributed by atoms with Gasteiger partial charge >= 0.3 is 0 Å². The van der Waals surface area contributed by atoms with Crippen LogP contribution in [0.5, 0.6) is 0 Å². The number of fused-ring (bicyclic) bond motifs is 2. The molecule has 2 fully saturated rings. The highest BCUT2D eigenvalue weighted by Gasteiger charge is 2.54. The Bertz CT molecular complexity index is 314. The summed E-state index contributed by atoms with van der Waals surface area (Å²) in [7, 11) is 1.88. The monoisotopic (exact) mass is 224 g/mol. The molecule has 2 atom stereocenters. The Labute approximate surface area is 82.8 Å². The molecular weight excluding hydrogens is 212 g/mol. The maximum absolute atomic E-state index is 11.0. The molecule has 5 heteroatoms. The van der Waals surface area contributed by atoms with Gasteiger partial charge in [-0.3, -0.25) is 0 Å². The zero-order valence-electron chi connectivity index (χ0n) is 7.55. The molecule has 0 aromatic heterocycles. The Morgan fingerprint density at radius 1 is 1.46 bits per heavy atom. The van der Waals surface area contributed by atoms with E-state index >= 15 is 0 Å². The minimum Gasteiger partial charge on any atom is -0.375 e. The van der Waals surface area contributed by atoms with E-state index in [9.17, 15) is 8.42 Å². The number of ether oxygens (including phenoxy) is 1. The SMILES string of the molecule is CC12CCC(CS(=O)(=O)Cl)(CO1)C2. The first-order valence-electron chi connectivity index (χ1n) is 4.39. The van der Waals surface area contributed by atoms with E-state index < -0.39 is 9.05 Å². The van der Waals surface area contributed by atoms with Crippen molar-refractivity contribution in [1.29, 1.82) is 0 Å². The van der Waals surface area contributed by atoms with Crippen LogP contribution in [0, 0.1) is 5.41 Å². The molecule has 13 heavy (non-hydrogen) atoms. The first-order valence-corrected chi connectivity index (χ1v) is 6.87. The predicted octanol–water partition coefficient (Wildman–Crippen LogP) is 1.51. The van der Waals surface area contributed by atoms with E-state index in [2.05, 4.69) is 0 Å². The van der Waals surface area contributed by atoms with Gasteiger partial charge in [-0.15, -0.1) is 0 Å². The molecule has 2 aliphatic rings. The summed E-state index contributed by atoms with van der Waals surface area (Å²) in [6, 6.07) is 0. The fourth-order valence-electron chi connectivity index (χ4n) is 2.60. The van der Waals surface area contributed by atoms with Crippen molar-refractivity contribution < 1.29 is 13.2 Å². The van der Waals surface area contributed by atoms with Crippen LogP contribution in [0.25, 0.3) is 0 Å². The third-order valence-corrected chi connectivity index (χ3v) is 4.42. The van der Waals surface area contributed by atoms with E-state index in [4.69, 9.17) is 15.4 Å². The molecule has 2 rings (SSSR count). The van der Waals surface area contributed by atoms with Gasteiger partial charge in [-0.1, -0.05) is 0 Å². The third kappa shape index (κ3) is 1.85. The molecule has 0 spiro atoms. The van der Waals surface area contributed by atoms with Crippen LogP contribution in [-0.2, 0) is 13.8 Å². The summed E-state index contributed by atoms with van der Waals surface area (Å²) in [6.07, 6.45) is 2.72. The number of halogens is 1. The van der Waals surface area contributed by atoms with Gasteiger partial charge in [0, 0.05) is 16.1 Å². The molecule has 3 nitrogen and oxygen atoms in total. The summed E-state index contributed by atoms with van der Waals surface area (Å²) in [4.78, 5) is 0. The minimum absolute atomic E-state index is 0.0666. The molecule has 1 saturated heterocycles. The van der Waals surface area contributed by atoms with E-state index in [1.165, 1.54) is 0 Å². The minimum atomic E-state index is -3.39. The van der Waals surface area contributed by atoms with Crippen molar-refractivity contribution in [3.05, 3.63) is 0 Å². The van der Waals surface area contributed by atoms with Crippen molar-refractivity contribution in [2.24, 2.45) is 5.41 Å². The van der Waals surface area contributed by atoms with Crippen LogP contribution in [0.3, 0.4) is 0 Å². The summed E-state index contributed by atoms with van der Waals surface area (Å²) in [5.74, 6) is 0.0666. The Morgan fingerprint density at radius 2 is 2.15 bits per heavy atom. The van der Waals surface area contributed by atoms with Gasteiger partial charge in [-0.25, -0.2) is 8.42 Å². The zero-order chi connectivity index (χ0) is 9.74. The molecule has 0 N–H and O–H groups in total. The van der Waals surface area contributed by atoms with E-state index in [0.29, 0.717) is 6.61 Å². The summed E-state index contributed by atoms with van der Waals surface area (Å²) < 4.78 is 27.5. The van der Waals surface area contributed by atoms with Gasteiger partial charge < -0.3 is 4.74 Å². The summed E-state index contributed by atoms with van der Waals surface area (Å²) >= 11 is 0. The zero-order valence-corrected chi connectivity index (χ0v) is 9.12. The van der Waals surface area contributed by atoms with Crippen molar-refractivity contribution in [2.75, 3.05) is 12.4 Å². The van der Waals surface area contributed by atoms with Crippen molar-refractivity contribution in [3.8, 4) is 0 Å². The molecule has 1 aliphatic heterocycles. The molecule has 1 heterocycles. The van der Waals surface area contributed by atoms with Gasteiger partial charge in [-0.2, -0.15) is 0 Å². The molecule has 1 aliphatic carbocycles. The Kier molecular flexibility index (Phi) is 1.96. The van der Waals surface area contributed by atoms with Crippen LogP contribution >= 0.6 is 10.7 Å². The first-order chi connectivity index (χ1) is 5.83. The second kappa shape index (κ2) is 2.61. The van der Waals surface area contributed by atoms with E-state index in [-0.39, 0.29) is 16.8 Å². The normalized spacial score (nSPS) is 44.2. The second-order valence-corrected chi connectivity index (χ2v) is 7.38. The maximum Gasteiger partial charge on any atom is 0.233 e. The van der Waals surface area contributed by atoms with Crippen LogP contribution in [0.1, 0.15) is 26.2 Å². The summed E-state index contributed by atoms with van der Waals surface area (Å²) in [5.41, 5.74) is -0.267. The number of rotatable bonds is 2. The first kappa shape index (κ1) is 9.74. The smallest absolute Gasteiger partial charge is 0.233 e. The van der Waals surface area contributed by atoms with Gasteiger partial charge in [0.05, 0.1) is 18.0 Å². The largest absolute Gasteiger partial charge is 0.375 e. The van der Waals surface area contributed by atoms with Crippen LogP contribution in [0.15, 0.2) is 0 Å². The van der Waals surface area contributed by atoms with Crippen molar-refractivity contribution in [3.63, 3.8) is 0 Å². The average molecular weight is 225 g/mol. The highest BCUT2D eigenvalue weighted by molar-refractivity contribution is 8.13. The van der Waals surface area contributed by atoms with Crippen molar-refractivity contribution in [1.82, 2.24) is 0 Å². The number of hydrogen-bond donors (Lipinski definition) is 0. The lowest BCUT2D eigenvalue weighted by Crippen LogP contribution is -2.28. The maximum atomic E-state index is 11.0. The Hall–Kier alpha value is 0.200. The van der Waals surface area contributed by atoms with Crippen LogP contribution in [-0.4, -0.2) is 26.4 Å². The molecule has 0 aromatic rings. The molecule has 1 saturated carbocycles. The van der Waals surface area contributed by atoms with Crippen LogP contribution < -0.4 is 0 Å². The molecule has 0 aromatic carbocycles. The van der Waals surface area contributed by atoms with Crippen LogP contribution in [0.2, 0.25) is 0 Å². The van der Waals surface area contributed by atoms with Crippen LogP contribution in [0.4, 0.5) is 0 Å². The standard InChI is InChI=1S/C8H13ClO3S/c1-7-2-3-8(4-7,5-12-7)6-13(9,10)11/h2-6H2,1H3. The molecular formula is C8H13ClO3S. The van der Waals surface area contributed by atoms with Gasteiger partial charge in [0.1, 0.15) is 0 Å². The molecule has 2 bridgehead atoms. The third-order valence-electron chi connectivity index (χ3n) is 3.14. The van der Waals surface area contributed by atoms with Crippen molar-refractivity contribution in [2.45, 2.75) is 31.8 Å². The fraction of sp³-hybridized carbons (Fsp3) is 1.00. The average Bonchev–Trinajstić information content (AvgIpc) is 2.37. The quantitative estimate of drug-likeness (QED) is 0.668. The van der Waals surface area contributed by atoms with E-state index in [1.54, 1.807) is 0 Å². The fourth-order valence-corrected chi connectivity index (χ4v) is 4.36. The Balaban J connectivity index is 2.17.